The van der Waals surface area contributed by atoms with Crippen molar-refractivity contribution in [2.24, 2.45) is 5.10 Å². The molecule has 2 rings (SSSR count). The van der Waals surface area contributed by atoms with E-state index in [0.29, 0.717) is 29.1 Å². The first-order valence-corrected chi connectivity index (χ1v) is 10.2. The number of rotatable bonds is 7. The maximum absolute atomic E-state index is 12.7. The maximum Gasteiger partial charge on any atom is 0.271 e. The average molecular weight is 427 g/mol. The molecule has 0 heterocycles. The summed E-state index contributed by atoms with van der Waals surface area (Å²) in [5.74, 6) is -0.341. The van der Waals surface area contributed by atoms with Gasteiger partial charge in [0.25, 0.3) is 5.91 Å². The van der Waals surface area contributed by atoms with Gasteiger partial charge in [0.05, 0.1) is 30.6 Å². The van der Waals surface area contributed by atoms with Crippen molar-refractivity contribution < 1.29 is 14.3 Å². The fourth-order valence-corrected chi connectivity index (χ4v) is 2.64. The van der Waals surface area contributed by atoms with Crippen LogP contribution in [0.1, 0.15) is 68.6 Å². The first-order valence-electron chi connectivity index (χ1n) is 10.2. The standard InChI is InChI=1S/C24H34N4O3/c1-23(2,3)30-14-17-11-19(25)8-7-16(17)13-27-28-22(29)21-10-9-20(26)12-18(21)15-31-24(4,5)6/h7-13H,14-15,25-26H2,1-6H3,(H,28,29)/b27-13+. The summed E-state index contributed by atoms with van der Waals surface area (Å²) in [6.45, 7) is 12.5. The molecule has 0 unspecified atom stereocenters. The van der Waals surface area contributed by atoms with Gasteiger partial charge >= 0.3 is 0 Å². The highest BCUT2D eigenvalue weighted by Crippen LogP contribution is 2.19. The smallest absolute Gasteiger partial charge is 0.271 e. The van der Waals surface area contributed by atoms with E-state index in [1.807, 2.05) is 53.7 Å². The SMILES string of the molecule is CC(C)(C)OCc1cc(N)ccc1/C=N/NC(=O)c1ccc(N)cc1COC(C)(C)C. The van der Waals surface area contributed by atoms with E-state index in [0.717, 1.165) is 11.1 Å². The Bertz CT molecular complexity index is 941. The molecular weight excluding hydrogens is 392 g/mol. The molecule has 31 heavy (non-hydrogen) atoms. The summed E-state index contributed by atoms with van der Waals surface area (Å²) in [7, 11) is 0. The van der Waals surface area contributed by atoms with Crippen LogP contribution in [0.2, 0.25) is 0 Å². The topological polar surface area (TPSA) is 112 Å². The van der Waals surface area contributed by atoms with E-state index >= 15 is 0 Å². The fourth-order valence-electron chi connectivity index (χ4n) is 2.64. The molecular formula is C24H34N4O3. The number of nitrogens with one attached hydrogen (secondary N) is 1. The second-order valence-corrected chi connectivity index (χ2v) is 9.38. The molecule has 0 saturated heterocycles. The summed E-state index contributed by atoms with van der Waals surface area (Å²) in [5.41, 5.74) is 17.8. The Morgan fingerprint density at radius 3 is 2.00 bits per heavy atom. The molecule has 0 aromatic heterocycles. The molecule has 1 amide bonds. The lowest BCUT2D eigenvalue weighted by atomic mass is 10.1. The largest absolute Gasteiger partial charge is 0.399 e. The van der Waals surface area contributed by atoms with E-state index in [9.17, 15) is 4.79 Å². The highest BCUT2D eigenvalue weighted by Gasteiger charge is 2.16. The quantitative estimate of drug-likeness (QED) is 0.348. The summed E-state index contributed by atoms with van der Waals surface area (Å²) >= 11 is 0. The molecule has 5 N–H and O–H groups in total. The minimum Gasteiger partial charge on any atom is -0.399 e. The predicted octanol–water partition coefficient (Wildman–Crippen LogP) is 4.25. The van der Waals surface area contributed by atoms with Crippen LogP contribution in [0, 0.1) is 0 Å². The van der Waals surface area contributed by atoms with Gasteiger partial charge in [-0.05, 0) is 83.0 Å². The molecule has 2 aromatic carbocycles. The monoisotopic (exact) mass is 426 g/mol. The Morgan fingerprint density at radius 1 is 0.903 bits per heavy atom. The van der Waals surface area contributed by atoms with Gasteiger partial charge in [0.1, 0.15) is 0 Å². The lowest BCUT2D eigenvalue weighted by Crippen LogP contribution is -2.23. The van der Waals surface area contributed by atoms with Crippen LogP contribution in [0.25, 0.3) is 0 Å². The van der Waals surface area contributed by atoms with Crippen molar-refractivity contribution >= 4 is 23.5 Å². The van der Waals surface area contributed by atoms with E-state index in [-0.39, 0.29) is 23.7 Å². The Kier molecular flexibility index (Phi) is 7.81. The van der Waals surface area contributed by atoms with Crippen molar-refractivity contribution in [3.05, 3.63) is 58.7 Å². The molecule has 0 spiro atoms. The molecule has 0 atom stereocenters. The fraction of sp³-hybridized carbons (Fsp3) is 0.417. The van der Waals surface area contributed by atoms with E-state index in [1.165, 1.54) is 0 Å². The number of amides is 1. The highest BCUT2D eigenvalue weighted by atomic mass is 16.5. The van der Waals surface area contributed by atoms with Crippen LogP contribution in [-0.4, -0.2) is 23.3 Å². The molecule has 0 aliphatic heterocycles. The third kappa shape index (κ3) is 8.39. The molecule has 0 fully saturated rings. The predicted molar refractivity (Wildman–Crippen MR) is 126 cm³/mol. The Labute approximate surface area is 184 Å². The van der Waals surface area contributed by atoms with Crippen LogP contribution in [0.5, 0.6) is 0 Å². The van der Waals surface area contributed by atoms with E-state index < -0.39 is 0 Å². The summed E-state index contributed by atoms with van der Waals surface area (Å²) in [6, 6.07) is 10.6. The number of nitrogens with zero attached hydrogens (tertiary/aromatic N) is 1. The van der Waals surface area contributed by atoms with Crippen LogP contribution in [0.4, 0.5) is 11.4 Å². The Morgan fingerprint density at radius 2 is 1.42 bits per heavy atom. The Hall–Kier alpha value is -2.90. The molecule has 2 aromatic rings. The summed E-state index contributed by atoms with van der Waals surface area (Å²) in [4.78, 5) is 12.7. The molecule has 7 nitrogen and oxygen atoms in total. The normalized spacial score (nSPS) is 12.3. The van der Waals surface area contributed by atoms with Crippen molar-refractivity contribution in [1.29, 1.82) is 0 Å². The third-order valence-electron chi connectivity index (χ3n) is 4.23. The van der Waals surface area contributed by atoms with Crippen LogP contribution in [-0.2, 0) is 22.7 Å². The van der Waals surface area contributed by atoms with E-state index in [1.54, 1.807) is 30.5 Å². The average Bonchev–Trinajstić information content (AvgIpc) is 2.65. The zero-order valence-corrected chi connectivity index (χ0v) is 19.3. The number of anilines is 2. The lowest BCUT2D eigenvalue weighted by Gasteiger charge is -2.20. The number of carbonyl (C=O) groups excluding carboxylic acids is 1. The van der Waals surface area contributed by atoms with Gasteiger partial charge in [0.2, 0.25) is 0 Å². The number of hydrazone groups is 1. The van der Waals surface area contributed by atoms with Crippen molar-refractivity contribution in [3.63, 3.8) is 0 Å². The van der Waals surface area contributed by atoms with Gasteiger partial charge in [-0.25, -0.2) is 5.43 Å². The van der Waals surface area contributed by atoms with Crippen molar-refractivity contribution in [2.45, 2.75) is 66.0 Å². The maximum atomic E-state index is 12.7. The molecule has 7 heteroatoms. The van der Waals surface area contributed by atoms with Gasteiger partial charge in [-0.2, -0.15) is 5.10 Å². The minimum atomic E-state index is -0.341. The van der Waals surface area contributed by atoms with Crippen molar-refractivity contribution in [3.8, 4) is 0 Å². The lowest BCUT2D eigenvalue weighted by molar-refractivity contribution is -0.0154. The number of benzene rings is 2. The van der Waals surface area contributed by atoms with Gasteiger partial charge < -0.3 is 20.9 Å². The molecule has 0 radical (unpaired) electrons. The van der Waals surface area contributed by atoms with Gasteiger partial charge in [-0.1, -0.05) is 6.07 Å². The van der Waals surface area contributed by atoms with Crippen LogP contribution in [0.15, 0.2) is 41.5 Å². The van der Waals surface area contributed by atoms with Crippen molar-refractivity contribution in [1.82, 2.24) is 5.43 Å². The van der Waals surface area contributed by atoms with Gasteiger partial charge in [0, 0.05) is 22.5 Å². The minimum absolute atomic E-state index is 0.271. The molecule has 0 aliphatic rings. The number of nitrogens with two attached hydrogens (primary N) is 2. The number of hydrogen-bond donors (Lipinski definition) is 3. The van der Waals surface area contributed by atoms with Crippen LogP contribution in [0.3, 0.4) is 0 Å². The van der Waals surface area contributed by atoms with Gasteiger partial charge in [-0.3, -0.25) is 4.79 Å². The molecule has 0 saturated carbocycles. The number of nitrogen functional groups attached to an aromatic ring is 2. The number of carbonyl (C=O) groups is 1. The first-order chi connectivity index (χ1) is 14.3. The summed E-state index contributed by atoms with van der Waals surface area (Å²) < 4.78 is 11.7. The molecule has 168 valence electrons. The second-order valence-electron chi connectivity index (χ2n) is 9.38. The van der Waals surface area contributed by atoms with Gasteiger partial charge in [-0.15, -0.1) is 0 Å². The first kappa shape index (κ1) is 24.4. The van der Waals surface area contributed by atoms with Gasteiger partial charge in [0.15, 0.2) is 0 Å². The van der Waals surface area contributed by atoms with E-state index in [4.69, 9.17) is 20.9 Å². The molecule has 0 aliphatic carbocycles. The zero-order valence-electron chi connectivity index (χ0n) is 19.3. The Balaban J connectivity index is 2.14. The number of ether oxygens (including phenoxy) is 2. The second kappa shape index (κ2) is 9.94. The third-order valence-corrected chi connectivity index (χ3v) is 4.23. The number of hydrogen-bond acceptors (Lipinski definition) is 6. The van der Waals surface area contributed by atoms with Crippen LogP contribution < -0.4 is 16.9 Å². The summed E-state index contributed by atoms with van der Waals surface area (Å²) in [5, 5.41) is 4.13. The van der Waals surface area contributed by atoms with Crippen LogP contribution >= 0.6 is 0 Å². The molecule has 0 bridgehead atoms. The van der Waals surface area contributed by atoms with Crippen molar-refractivity contribution in [2.75, 3.05) is 11.5 Å². The highest BCUT2D eigenvalue weighted by molar-refractivity contribution is 5.96. The summed E-state index contributed by atoms with van der Waals surface area (Å²) in [6.07, 6.45) is 1.58. The van der Waals surface area contributed by atoms with E-state index in [2.05, 4.69) is 10.5 Å². The zero-order chi connectivity index (χ0) is 23.2.